The number of hydrogen-bond donors (Lipinski definition) is 1. The van der Waals surface area contributed by atoms with Gasteiger partial charge >= 0.3 is 5.97 Å². The highest BCUT2D eigenvalue weighted by Gasteiger charge is 2.56. The topological polar surface area (TPSA) is 106 Å². The predicted molar refractivity (Wildman–Crippen MR) is 100 cm³/mol. The van der Waals surface area contributed by atoms with Crippen LogP contribution in [-0.2, 0) is 30.3 Å². The second-order valence-electron chi connectivity index (χ2n) is 5.57. The minimum Gasteiger partial charge on any atom is -0.469 e. The van der Waals surface area contributed by atoms with Gasteiger partial charge in [0, 0.05) is 10.0 Å². The van der Waals surface area contributed by atoms with Crippen molar-refractivity contribution in [2.45, 2.75) is 23.9 Å². The van der Waals surface area contributed by atoms with E-state index < -0.39 is 29.3 Å². The molecule has 2 aliphatic heterocycles. The Morgan fingerprint density at radius 1 is 1.46 bits per heavy atom. The molecule has 2 aliphatic rings. The molecule has 0 aromatic carbocycles. The number of esters is 1. The molecular formula is C16H15IN2O6S. The second-order valence-corrected chi connectivity index (χ2v) is 7.64. The summed E-state index contributed by atoms with van der Waals surface area (Å²) in [5.74, 6) is -0.920. The maximum absolute atomic E-state index is 12.5. The Bertz CT molecular complexity index is 750. The summed E-state index contributed by atoms with van der Waals surface area (Å²) < 4.78 is 10.8. The quantitative estimate of drug-likeness (QED) is 0.197. The Kier molecular flexibility index (Phi) is 6.01. The number of hydrogen-bond acceptors (Lipinski definition) is 7. The lowest BCUT2D eigenvalue weighted by atomic mass is 9.98. The van der Waals surface area contributed by atoms with Crippen LogP contribution in [0.1, 0.15) is 5.76 Å². The van der Waals surface area contributed by atoms with Crippen LogP contribution in [-0.4, -0.2) is 57.5 Å². The third-order valence-electron chi connectivity index (χ3n) is 3.93. The molecule has 3 rings (SSSR count). The van der Waals surface area contributed by atoms with Crippen LogP contribution < -0.4 is 5.32 Å². The van der Waals surface area contributed by atoms with Gasteiger partial charge in [-0.25, -0.2) is 4.79 Å². The van der Waals surface area contributed by atoms with Gasteiger partial charge in [0.25, 0.3) is 0 Å². The van der Waals surface area contributed by atoms with Gasteiger partial charge in [0.05, 0.1) is 12.7 Å². The highest BCUT2D eigenvalue weighted by Crippen LogP contribution is 2.39. The average Bonchev–Trinajstić information content (AvgIpc) is 3.15. The lowest BCUT2D eigenvalue weighted by Crippen LogP contribution is -2.74. The summed E-state index contributed by atoms with van der Waals surface area (Å²) in [6, 6.07) is 1.52. The van der Waals surface area contributed by atoms with Crippen molar-refractivity contribution in [2.24, 2.45) is 0 Å². The van der Waals surface area contributed by atoms with E-state index in [4.69, 9.17) is 9.15 Å². The number of carbonyl (C=O) groups is 4. The fourth-order valence-electron chi connectivity index (χ4n) is 2.77. The number of carbonyl (C=O) groups excluding carboxylic acids is 4. The van der Waals surface area contributed by atoms with E-state index in [1.807, 2.05) is 0 Å². The van der Waals surface area contributed by atoms with Gasteiger partial charge in [-0.1, -0.05) is 22.6 Å². The van der Waals surface area contributed by atoms with E-state index in [0.717, 1.165) is 0 Å². The molecule has 8 nitrogen and oxygen atoms in total. The van der Waals surface area contributed by atoms with Gasteiger partial charge < -0.3 is 19.4 Å². The van der Waals surface area contributed by atoms with E-state index in [-0.39, 0.29) is 24.5 Å². The van der Waals surface area contributed by atoms with Crippen molar-refractivity contribution < 1.29 is 28.3 Å². The molecule has 0 saturated carbocycles. The predicted octanol–water partition coefficient (Wildman–Crippen LogP) is 0.652. The number of amides is 2. The van der Waals surface area contributed by atoms with Crippen molar-refractivity contribution in [1.82, 2.24) is 10.2 Å². The minimum atomic E-state index is -1.06. The first-order chi connectivity index (χ1) is 12.6. The van der Waals surface area contributed by atoms with Crippen LogP contribution in [0.25, 0.3) is 0 Å². The number of alkyl halides is 1. The summed E-state index contributed by atoms with van der Waals surface area (Å²) in [6.07, 6.45) is 2.04. The fraction of sp³-hybridized carbons (Fsp3) is 0.375. The Hall–Kier alpha value is -1.82. The molecular weight excluding hydrogens is 475 g/mol. The average molecular weight is 490 g/mol. The van der Waals surface area contributed by atoms with Crippen molar-refractivity contribution in [3.05, 3.63) is 35.1 Å². The Labute approximate surface area is 166 Å². The van der Waals surface area contributed by atoms with Crippen LogP contribution in [0.2, 0.25) is 0 Å². The molecule has 10 heteroatoms. The zero-order chi connectivity index (χ0) is 18.7. The molecule has 0 bridgehead atoms. The Morgan fingerprint density at radius 2 is 2.27 bits per heavy atom. The molecule has 1 aromatic rings. The normalized spacial score (nSPS) is 24.2. The SMILES string of the molecule is O=CC1=CS[C@H]2C(NC(=O)Cc3ccco3)C(=O)N2C1C(=O)OCCI. The molecule has 3 atom stereocenters. The summed E-state index contributed by atoms with van der Waals surface area (Å²) in [5, 5.41) is 3.75. The molecule has 1 saturated heterocycles. The maximum atomic E-state index is 12.5. The third-order valence-corrected chi connectivity index (χ3v) is 5.56. The van der Waals surface area contributed by atoms with Crippen LogP contribution in [0.5, 0.6) is 0 Å². The Morgan fingerprint density at radius 3 is 2.92 bits per heavy atom. The standard InChI is InChI=1S/C16H15IN2O6S/c17-3-5-25-16(23)13-9(7-20)8-26-15-12(14(22)19(13)15)18-11(21)6-10-2-1-4-24-10/h1-2,4,7-8,12-13,15H,3,5-6H2,(H,18,21)/t12?,13?,15-/m0/s1. The van der Waals surface area contributed by atoms with Gasteiger partial charge in [0.2, 0.25) is 11.8 Å². The highest BCUT2D eigenvalue weighted by atomic mass is 127. The molecule has 2 unspecified atom stereocenters. The van der Waals surface area contributed by atoms with Crippen LogP contribution in [0.4, 0.5) is 0 Å². The van der Waals surface area contributed by atoms with Gasteiger partial charge in [-0.3, -0.25) is 14.4 Å². The van der Waals surface area contributed by atoms with Crippen LogP contribution in [0.15, 0.2) is 33.8 Å². The maximum Gasteiger partial charge on any atom is 0.333 e. The monoisotopic (exact) mass is 490 g/mol. The van der Waals surface area contributed by atoms with Gasteiger partial charge in [-0.15, -0.1) is 11.8 Å². The third kappa shape index (κ3) is 3.65. The summed E-state index contributed by atoms with van der Waals surface area (Å²) in [6.45, 7) is 0.200. The lowest BCUT2D eigenvalue weighted by molar-refractivity contribution is -0.163. The molecule has 2 amide bonds. The molecule has 0 radical (unpaired) electrons. The van der Waals surface area contributed by atoms with E-state index in [1.54, 1.807) is 17.5 Å². The Balaban J connectivity index is 1.68. The number of nitrogens with one attached hydrogen (secondary N) is 1. The zero-order valence-electron chi connectivity index (χ0n) is 13.4. The largest absolute Gasteiger partial charge is 0.469 e. The molecule has 3 heterocycles. The fourth-order valence-corrected chi connectivity index (χ4v) is 4.17. The number of β-lactam (4-membered cyclic amide) rings is 1. The first-order valence-corrected chi connectivity index (χ1v) is 10.2. The summed E-state index contributed by atoms with van der Waals surface area (Å²) in [7, 11) is 0. The number of rotatable bonds is 7. The van der Waals surface area contributed by atoms with Gasteiger partial charge in [0.1, 0.15) is 30.1 Å². The smallest absolute Gasteiger partial charge is 0.333 e. The molecule has 0 spiro atoms. The highest BCUT2D eigenvalue weighted by molar-refractivity contribution is 14.1. The molecule has 26 heavy (non-hydrogen) atoms. The van der Waals surface area contributed by atoms with Crippen LogP contribution in [0.3, 0.4) is 0 Å². The van der Waals surface area contributed by atoms with Gasteiger partial charge in [-0.05, 0) is 17.5 Å². The minimum absolute atomic E-state index is 0.0186. The van der Waals surface area contributed by atoms with Crippen molar-refractivity contribution in [3.8, 4) is 0 Å². The van der Waals surface area contributed by atoms with Crippen molar-refractivity contribution in [3.63, 3.8) is 0 Å². The first-order valence-electron chi connectivity index (χ1n) is 7.74. The number of nitrogens with zero attached hydrogens (tertiary/aromatic N) is 1. The molecule has 1 N–H and O–H groups in total. The van der Waals surface area contributed by atoms with E-state index >= 15 is 0 Å². The van der Waals surface area contributed by atoms with E-state index in [0.29, 0.717) is 16.5 Å². The van der Waals surface area contributed by atoms with E-state index in [1.165, 1.54) is 22.9 Å². The number of aldehydes is 1. The summed E-state index contributed by atoms with van der Waals surface area (Å²) in [4.78, 5) is 49.4. The molecule has 1 aromatic heterocycles. The second kappa shape index (κ2) is 8.25. The van der Waals surface area contributed by atoms with Gasteiger partial charge in [-0.2, -0.15) is 0 Å². The number of fused-ring (bicyclic) bond motifs is 1. The van der Waals surface area contributed by atoms with Gasteiger partial charge in [0.15, 0.2) is 6.04 Å². The first kappa shape index (κ1) is 19.0. The number of furan rings is 1. The van der Waals surface area contributed by atoms with Crippen molar-refractivity contribution >= 4 is 58.4 Å². The van der Waals surface area contributed by atoms with E-state index in [9.17, 15) is 19.2 Å². The number of ether oxygens (including phenoxy) is 1. The zero-order valence-corrected chi connectivity index (χ0v) is 16.4. The molecule has 0 aliphatic carbocycles. The molecule has 1 fully saturated rings. The number of thioether (sulfide) groups is 1. The van der Waals surface area contributed by atoms with Crippen molar-refractivity contribution in [1.29, 1.82) is 0 Å². The summed E-state index contributed by atoms with van der Waals surface area (Å²) >= 11 is 3.27. The molecule has 138 valence electrons. The van der Waals surface area contributed by atoms with Crippen LogP contribution >= 0.6 is 34.4 Å². The number of halogens is 1. The lowest BCUT2D eigenvalue weighted by Gasteiger charge is -2.51. The summed E-state index contributed by atoms with van der Waals surface area (Å²) in [5.41, 5.74) is 0.179. The van der Waals surface area contributed by atoms with E-state index in [2.05, 4.69) is 27.9 Å². The van der Waals surface area contributed by atoms with Crippen LogP contribution in [0, 0.1) is 0 Å². The van der Waals surface area contributed by atoms with Crippen molar-refractivity contribution in [2.75, 3.05) is 11.0 Å².